The van der Waals surface area contributed by atoms with Crippen LogP contribution in [0.1, 0.15) is 51.0 Å². The van der Waals surface area contributed by atoms with Crippen molar-refractivity contribution >= 4 is 23.0 Å². The molecule has 2 aromatic rings. The highest BCUT2D eigenvalue weighted by Crippen LogP contribution is 2.38. The highest BCUT2D eigenvalue weighted by Gasteiger charge is 2.26. The van der Waals surface area contributed by atoms with Crippen molar-refractivity contribution in [3.63, 3.8) is 0 Å². The summed E-state index contributed by atoms with van der Waals surface area (Å²) in [5.74, 6) is -1.77. The maximum absolute atomic E-state index is 15.3. The van der Waals surface area contributed by atoms with Crippen molar-refractivity contribution < 1.29 is 23.8 Å². The minimum atomic E-state index is -0.948. The van der Waals surface area contributed by atoms with Crippen LogP contribution in [-0.4, -0.2) is 54.0 Å². The zero-order valence-corrected chi connectivity index (χ0v) is 18.8. The summed E-state index contributed by atoms with van der Waals surface area (Å²) in [6.45, 7) is 5.96. The fraction of sp³-hybridized carbons (Fsp3) is 0.522. The molecule has 1 aromatic carbocycles. The second-order valence-electron chi connectivity index (χ2n) is 7.81. The van der Waals surface area contributed by atoms with Crippen molar-refractivity contribution in [1.29, 1.82) is 0 Å². The normalized spacial score (nSPS) is 15.2. The van der Waals surface area contributed by atoms with E-state index in [1.165, 1.54) is 13.2 Å². The fourth-order valence-electron chi connectivity index (χ4n) is 4.18. The summed E-state index contributed by atoms with van der Waals surface area (Å²) in [4.78, 5) is 21.8. The van der Waals surface area contributed by atoms with Crippen molar-refractivity contribution in [2.24, 2.45) is 0 Å². The molecule has 2 N–H and O–H groups in total. The zero-order valence-electron chi connectivity index (χ0n) is 18.8. The number of ether oxygens (including phenoxy) is 2. The Labute approximate surface area is 187 Å². The van der Waals surface area contributed by atoms with Crippen LogP contribution in [0.25, 0.3) is 0 Å². The monoisotopic (exact) mass is 446 g/mol. The molecular formula is C23H31FN4O4. The van der Waals surface area contributed by atoms with Crippen LogP contribution in [0.15, 0.2) is 24.5 Å². The Morgan fingerprint density at radius 2 is 2.00 bits per heavy atom. The Bertz CT molecular complexity index is 904. The van der Waals surface area contributed by atoms with Gasteiger partial charge in [-0.15, -0.1) is 0 Å². The molecule has 174 valence electrons. The topological polar surface area (TPSA) is 96.8 Å². The maximum Gasteiger partial charge on any atom is 0.316 e. The molecule has 8 nitrogen and oxygen atoms in total. The van der Waals surface area contributed by atoms with Gasteiger partial charge in [-0.2, -0.15) is 0 Å². The lowest BCUT2D eigenvalue weighted by atomic mass is 9.91. The molecule has 0 spiro atoms. The number of benzene rings is 1. The molecule has 1 aliphatic rings. The smallest absolute Gasteiger partial charge is 0.316 e. The highest BCUT2D eigenvalue weighted by atomic mass is 19.1. The molecule has 9 heteroatoms. The number of carbonyl (C=O) groups is 1. The number of methoxy groups -OCH3 is 1. The highest BCUT2D eigenvalue weighted by molar-refractivity contribution is 5.77. The van der Waals surface area contributed by atoms with Crippen molar-refractivity contribution in [2.45, 2.75) is 51.5 Å². The number of nitrogens with zero attached hydrogens (tertiary/aromatic N) is 3. The standard InChI is InChI=1S/C23H31FN4O4/c1-4-15(10-22(29)30)18-11-20(27-16-13-25-23(31-3)26-14-16)21(12-19(18)24)28(5-2)17-6-8-32-9-7-17/h11-15,17,27H,4-10H2,1-3H3,(H,29,30). The average Bonchev–Trinajstić information content (AvgIpc) is 2.80. The molecule has 1 aliphatic heterocycles. The maximum atomic E-state index is 15.3. The van der Waals surface area contributed by atoms with Gasteiger partial charge in [0.05, 0.1) is 43.0 Å². The first-order valence-corrected chi connectivity index (χ1v) is 11.0. The number of hydrogen-bond acceptors (Lipinski definition) is 7. The van der Waals surface area contributed by atoms with Gasteiger partial charge in [0.2, 0.25) is 0 Å². The van der Waals surface area contributed by atoms with Crippen LogP contribution in [0.4, 0.5) is 21.5 Å². The van der Waals surface area contributed by atoms with E-state index in [-0.39, 0.29) is 18.5 Å². The molecule has 1 fully saturated rings. The van der Waals surface area contributed by atoms with E-state index >= 15 is 4.39 Å². The molecule has 1 aromatic heterocycles. The van der Waals surface area contributed by atoms with Crippen LogP contribution < -0.4 is 15.0 Å². The van der Waals surface area contributed by atoms with Gasteiger partial charge in [-0.05, 0) is 49.8 Å². The van der Waals surface area contributed by atoms with Crippen LogP contribution in [0.2, 0.25) is 0 Å². The van der Waals surface area contributed by atoms with Gasteiger partial charge in [0.25, 0.3) is 0 Å². The second kappa shape index (κ2) is 11.1. The van der Waals surface area contributed by atoms with Gasteiger partial charge in [0, 0.05) is 25.8 Å². The van der Waals surface area contributed by atoms with Crippen LogP contribution in [0.5, 0.6) is 6.01 Å². The number of carboxylic acid groups (broad SMARTS) is 1. The summed E-state index contributed by atoms with van der Waals surface area (Å²) in [6, 6.07) is 3.73. The van der Waals surface area contributed by atoms with Gasteiger partial charge in [-0.1, -0.05) is 6.92 Å². The molecule has 1 atom stereocenters. The summed E-state index contributed by atoms with van der Waals surface area (Å²) >= 11 is 0. The van der Waals surface area contributed by atoms with Crippen LogP contribution in [0, 0.1) is 5.82 Å². The van der Waals surface area contributed by atoms with E-state index in [1.54, 1.807) is 18.5 Å². The summed E-state index contributed by atoms with van der Waals surface area (Å²) < 4.78 is 25.8. The van der Waals surface area contributed by atoms with Crippen LogP contribution in [-0.2, 0) is 9.53 Å². The second-order valence-corrected chi connectivity index (χ2v) is 7.81. The van der Waals surface area contributed by atoms with Gasteiger partial charge >= 0.3 is 12.0 Å². The molecule has 3 rings (SSSR count). The lowest BCUT2D eigenvalue weighted by Gasteiger charge is -2.37. The Morgan fingerprint density at radius 3 is 2.56 bits per heavy atom. The van der Waals surface area contributed by atoms with E-state index < -0.39 is 17.7 Å². The van der Waals surface area contributed by atoms with Crippen LogP contribution in [0.3, 0.4) is 0 Å². The Balaban J connectivity index is 2.04. The number of carboxylic acids is 1. The molecule has 0 saturated carbocycles. The molecule has 2 heterocycles. The third kappa shape index (κ3) is 5.64. The first kappa shape index (κ1) is 23.7. The van der Waals surface area contributed by atoms with Crippen molar-refractivity contribution in [3.8, 4) is 6.01 Å². The number of anilines is 3. The summed E-state index contributed by atoms with van der Waals surface area (Å²) in [5.41, 5.74) is 2.42. The molecule has 32 heavy (non-hydrogen) atoms. The van der Waals surface area contributed by atoms with Crippen molar-refractivity contribution in [2.75, 3.05) is 37.1 Å². The molecular weight excluding hydrogens is 415 g/mol. The molecule has 1 unspecified atom stereocenters. The van der Waals surface area contributed by atoms with Crippen LogP contribution >= 0.6 is 0 Å². The van der Waals surface area contributed by atoms with E-state index in [9.17, 15) is 9.90 Å². The minimum Gasteiger partial charge on any atom is -0.481 e. The van der Waals surface area contributed by atoms with E-state index in [1.807, 2.05) is 13.8 Å². The first-order chi connectivity index (χ1) is 15.5. The van der Waals surface area contributed by atoms with E-state index in [0.717, 1.165) is 18.5 Å². The largest absolute Gasteiger partial charge is 0.481 e. The third-order valence-corrected chi connectivity index (χ3v) is 5.84. The predicted molar refractivity (Wildman–Crippen MR) is 120 cm³/mol. The summed E-state index contributed by atoms with van der Waals surface area (Å²) in [5, 5.41) is 12.6. The van der Waals surface area contributed by atoms with Crippen molar-refractivity contribution in [3.05, 3.63) is 35.9 Å². The van der Waals surface area contributed by atoms with Gasteiger partial charge in [-0.3, -0.25) is 4.79 Å². The van der Waals surface area contributed by atoms with Gasteiger partial charge in [-0.25, -0.2) is 14.4 Å². The van der Waals surface area contributed by atoms with E-state index in [0.29, 0.717) is 43.1 Å². The minimum absolute atomic E-state index is 0.130. The van der Waals surface area contributed by atoms with E-state index in [2.05, 4.69) is 20.2 Å². The van der Waals surface area contributed by atoms with Gasteiger partial charge < -0.3 is 24.8 Å². The molecule has 0 radical (unpaired) electrons. The average molecular weight is 447 g/mol. The summed E-state index contributed by atoms with van der Waals surface area (Å²) in [7, 11) is 1.49. The number of hydrogen-bond donors (Lipinski definition) is 2. The lowest BCUT2D eigenvalue weighted by Crippen LogP contribution is -2.39. The molecule has 0 bridgehead atoms. The fourth-order valence-corrected chi connectivity index (χ4v) is 4.18. The third-order valence-electron chi connectivity index (χ3n) is 5.84. The SMILES string of the molecule is CCC(CC(=O)O)c1cc(Nc2cnc(OC)nc2)c(N(CC)C2CCOCC2)cc1F. The molecule has 0 amide bonds. The Hall–Kier alpha value is -2.94. The first-order valence-electron chi connectivity index (χ1n) is 11.0. The number of halogens is 1. The quantitative estimate of drug-likeness (QED) is 0.556. The number of aromatic nitrogens is 2. The van der Waals surface area contributed by atoms with Crippen molar-refractivity contribution in [1.82, 2.24) is 9.97 Å². The number of aliphatic carboxylic acids is 1. The Kier molecular flexibility index (Phi) is 8.21. The number of rotatable bonds is 10. The molecule has 1 saturated heterocycles. The number of nitrogens with one attached hydrogen (secondary N) is 1. The van der Waals surface area contributed by atoms with Gasteiger partial charge in [0.1, 0.15) is 5.82 Å². The molecule has 0 aliphatic carbocycles. The predicted octanol–water partition coefficient (Wildman–Crippen LogP) is 4.34. The Morgan fingerprint density at radius 1 is 1.31 bits per heavy atom. The van der Waals surface area contributed by atoms with Gasteiger partial charge in [0.15, 0.2) is 0 Å². The summed E-state index contributed by atoms with van der Waals surface area (Å²) in [6.07, 6.45) is 5.30. The van der Waals surface area contributed by atoms with E-state index in [4.69, 9.17) is 9.47 Å². The zero-order chi connectivity index (χ0) is 23.1. The lowest BCUT2D eigenvalue weighted by molar-refractivity contribution is -0.137.